The molecule has 3 atom stereocenters. The Morgan fingerprint density at radius 3 is 2.30 bits per heavy atom. The largest absolute Gasteiger partial charge is 0.464 e. The number of amides is 1. The molecule has 0 saturated carbocycles. The van der Waals surface area contributed by atoms with Crippen LogP contribution in [0.2, 0.25) is 0 Å². The fourth-order valence-electron chi connectivity index (χ4n) is 1.55. The van der Waals surface area contributed by atoms with Crippen LogP contribution in [0.5, 0.6) is 0 Å². The van der Waals surface area contributed by atoms with Gasteiger partial charge in [0.2, 0.25) is 5.91 Å². The summed E-state index contributed by atoms with van der Waals surface area (Å²) in [5, 5.41) is 11.2. The minimum Gasteiger partial charge on any atom is -0.464 e. The van der Waals surface area contributed by atoms with E-state index in [9.17, 15) is 22.8 Å². The first-order valence-electron chi connectivity index (χ1n) is 6.30. The van der Waals surface area contributed by atoms with Gasteiger partial charge in [0.05, 0.1) is 6.61 Å². The molecule has 0 aromatic carbocycles. The first-order valence-corrected chi connectivity index (χ1v) is 6.30. The average molecular weight is 299 g/mol. The molecule has 0 spiro atoms. The molecule has 0 aliphatic rings. The van der Waals surface area contributed by atoms with Gasteiger partial charge in [-0.3, -0.25) is 4.79 Å². The lowest BCUT2D eigenvalue weighted by Gasteiger charge is -2.27. The van der Waals surface area contributed by atoms with Crippen molar-refractivity contribution in [3.05, 3.63) is 0 Å². The van der Waals surface area contributed by atoms with Gasteiger partial charge in [-0.15, -0.1) is 0 Å². The number of hydrogen-bond acceptors (Lipinski definition) is 4. The van der Waals surface area contributed by atoms with Crippen LogP contribution >= 0.6 is 0 Å². The van der Waals surface area contributed by atoms with E-state index in [-0.39, 0.29) is 13.0 Å². The zero-order valence-electron chi connectivity index (χ0n) is 11.7. The molecule has 0 aromatic rings. The molecule has 0 heterocycles. The van der Waals surface area contributed by atoms with Crippen LogP contribution < -0.4 is 5.32 Å². The number of carbonyl (C=O) groups is 2. The highest BCUT2D eigenvalue weighted by atomic mass is 19.3. The second-order valence-electron chi connectivity index (χ2n) is 4.31. The van der Waals surface area contributed by atoms with Crippen molar-refractivity contribution in [1.29, 1.82) is 0 Å². The molecule has 0 aliphatic heterocycles. The zero-order valence-corrected chi connectivity index (χ0v) is 11.7. The average Bonchev–Trinajstić information content (AvgIpc) is 2.36. The van der Waals surface area contributed by atoms with Crippen molar-refractivity contribution in [2.75, 3.05) is 6.61 Å². The maximum atomic E-state index is 13.7. The number of aliphatic hydroxyl groups is 1. The summed E-state index contributed by atoms with van der Waals surface area (Å²) in [7, 11) is 0. The summed E-state index contributed by atoms with van der Waals surface area (Å²) in [4.78, 5) is 22.4. The van der Waals surface area contributed by atoms with Crippen molar-refractivity contribution in [3.8, 4) is 0 Å². The first kappa shape index (κ1) is 18.7. The lowest BCUT2D eigenvalue weighted by atomic mass is 9.99. The van der Waals surface area contributed by atoms with Gasteiger partial charge in [0.15, 0.2) is 6.17 Å². The van der Waals surface area contributed by atoms with Crippen LogP contribution in [0, 0.1) is 0 Å². The quantitative estimate of drug-likeness (QED) is 0.660. The smallest absolute Gasteiger partial charge is 0.328 e. The number of rotatable bonds is 8. The van der Waals surface area contributed by atoms with Gasteiger partial charge in [-0.25, -0.2) is 18.0 Å². The standard InChI is InChI=1S/C12H20F3NO4/c1-4-10(18)12(14,15)9(13)6-8(16-7(3)17)11(19)20-5-2/h8-10,18H,4-6H2,1-3H3,(H,16,17). The molecule has 20 heavy (non-hydrogen) atoms. The zero-order chi connectivity index (χ0) is 15.9. The van der Waals surface area contributed by atoms with Crippen LogP contribution in [0.1, 0.15) is 33.6 Å². The third-order valence-electron chi connectivity index (χ3n) is 2.64. The Labute approximate surface area is 115 Å². The Hall–Kier alpha value is -1.31. The Morgan fingerprint density at radius 1 is 1.35 bits per heavy atom. The van der Waals surface area contributed by atoms with Crippen molar-refractivity contribution < 1.29 is 32.6 Å². The first-order chi connectivity index (χ1) is 9.16. The number of halogens is 3. The number of hydrogen-bond donors (Lipinski definition) is 2. The lowest BCUT2D eigenvalue weighted by Crippen LogP contribution is -2.49. The number of ether oxygens (including phenoxy) is 1. The summed E-state index contributed by atoms with van der Waals surface area (Å²) in [6.45, 7) is 3.81. The molecule has 0 aromatic heterocycles. The highest BCUT2D eigenvalue weighted by Gasteiger charge is 2.48. The second kappa shape index (κ2) is 8.08. The Kier molecular flexibility index (Phi) is 7.55. The molecule has 3 unspecified atom stereocenters. The van der Waals surface area contributed by atoms with Crippen LogP contribution in [0.4, 0.5) is 13.2 Å². The minimum absolute atomic E-state index is 0.0279. The van der Waals surface area contributed by atoms with E-state index >= 15 is 0 Å². The van der Waals surface area contributed by atoms with Crippen LogP contribution in [0.3, 0.4) is 0 Å². The fourth-order valence-corrected chi connectivity index (χ4v) is 1.55. The molecule has 2 N–H and O–H groups in total. The molecular weight excluding hydrogens is 279 g/mol. The van der Waals surface area contributed by atoms with Gasteiger partial charge < -0.3 is 15.2 Å². The second-order valence-corrected chi connectivity index (χ2v) is 4.31. The SMILES string of the molecule is CCOC(=O)C(CC(F)C(F)(F)C(O)CC)NC(C)=O. The molecule has 0 rings (SSSR count). The number of aliphatic hydroxyl groups excluding tert-OH is 1. The molecule has 0 radical (unpaired) electrons. The summed E-state index contributed by atoms with van der Waals surface area (Å²) in [6.07, 6.45) is -6.24. The molecule has 0 fully saturated rings. The topological polar surface area (TPSA) is 75.6 Å². The van der Waals surface area contributed by atoms with E-state index in [1.54, 1.807) is 0 Å². The van der Waals surface area contributed by atoms with Gasteiger partial charge in [-0.2, -0.15) is 0 Å². The van der Waals surface area contributed by atoms with Gasteiger partial charge in [-0.1, -0.05) is 6.92 Å². The Balaban J connectivity index is 4.87. The number of nitrogens with one attached hydrogen (secondary N) is 1. The van der Waals surface area contributed by atoms with Gasteiger partial charge in [0, 0.05) is 13.3 Å². The fraction of sp³-hybridized carbons (Fsp3) is 0.833. The van der Waals surface area contributed by atoms with E-state index < -0.39 is 42.5 Å². The maximum absolute atomic E-state index is 13.7. The van der Waals surface area contributed by atoms with E-state index in [0.717, 1.165) is 6.92 Å². The molecule has 118 valence electrons. The maximum Gasteiger partial charge on any atom is 0.328 e. The number of carbonyl (C=O) groups excluding carboxylic acids is 2. The van der Waals surface area contributed by atoms with Crippen LogP contribution in [-0.4, -0.2) is 47.8 Å². The molecule has 8 heteroatoms. The van der Waals surface area contributed by atoms with E-state index in [1.165, 1.54) is 13.8 Å². The highest BCUT2D eigenvalue weighted by molar-refractivity contribution is 5.83. The van der Waals surface area contributed by atoms with Crippen molar-refractivity contribution in [2.24, 2.45) is 0 Å². The normalized spacial score (nSPS) is 16.1. The van der Waals surface area contributed by atoms with Gasteiger partial charge in [0.25, 0.3) is 0 Å². The molecule has 0 saturated heterocycles. The Bertz CT molecular complexity index is 339. The highest BCUT2D eigenvalue weighted by Crippen LogP contribution is 2.30. The summed E-state index contributed by atoms with van der Waals surface area (Å²) in [5.41, 5.74) is 0. The third kappa shape index (κ3) is 5.36. The van der Waals surface area contributed by atoms with Crippen LogP contribution in [0.25, 0.3) is 0 Å². The van der Waals surface area contributed by atoms with Gasteiger partial charge in [-0.05, 0) is 13.3 Å². The predicted octanol–water partition coefficient (Wildman–Crippen LogP) is 1.19. The minimum atomic E-state index is -4.00. The number of esters is 1. The van der Waals surface area contributed by atoms with Crippen LogP contribution in [0.15, 0.2) is 0 Å². The molecule has 0 aliphatic carbocycles. The summed E-state index contributed by atoms with van der Waals surface area (Å²) in [5.74, 6) is -5.67. The molecule has 5 nitrogen and oxygen atoms in total. The molecule has 0 bridgehead atoms. The van der Waals surface area contributed by atoms with Crippen molar-refractivity contribution in [2.45, 2.75) is 57.9 Å². The lowest BCUT2D eigenvalue weighted by molar-refractivity contribution is -0.164. The summed E-state index contributed by atoms with van der Waals surface area (Å²) >= 11 is 0. The summed E-state index contributed by atoms with van der Waals surface area (Å²) in [6, 6.07) is -1.52. The van der Waals surface area contributed by atoms with Crippen molar-refractivity contribution in [1.82, 2.24) is 5.32 Å². The number of alkyl halides is 3. The predicted molar refractivity (Wildman–Crippen MR) is 65.0 cm³/mol. The summed E-state index contributed by atoms with van der Waals surface area (Å²) < 4.78 is 45.2. The third-order valence-corrected chi connectivity index (χ3v) is 2.64. The van der Waals surface area contributed by atoms with Crippen molar-refractivity contribution in [3.63, 3.8) is 0 Å². The van der Waals surface area contributed by atoms with Gasteiger partial charge >= 0.3 is 11.9 Å². The van der Waals surface area contributed by atoms with E-state index in [2.05, 4.69) is 10.1 Å². The van der Waals surface area contributed by atoms with Crippen molar-refractivity contribution >= 4 is 11.9 Å². The monoisotopic (exact) mass is 299 g/mol. The van der Waals surface area contributed by atoms with E-state index in [0.29, 0.717) is 0 Å². The molecular formula is C12H20F3NO4. The molecule has 1 amide bonds. The van der Waals surface area contributed by atoms with E-state index in [1.807, 2.05) is 0 Å². The Morgan fingerprint density at radius 2 is 1.90 bits per heavy atom. The van der Waals surface area contributed by atoms with Crippen LogP contribution in [-0.2, 0) is 14.3 Å². The van der Waals surface area contributed by atoms with E-state index in [4.69, 9.17) is 5.11 Å². The van der Waals surface area contributed by atoms with Gasteiger partial charge in [0.1, 0.15) is 12.1 Å².